The number of rotatable bonds is 3. The summed E-state index contributed by atoms with van der Waals surface area (Å²) in [5, 5.41) is 5.37. The van der Waals surface area contributed by atoms with Gasteiger partial charge in [-0.25, -0.2) is 0 Å². The summed E-state index contributed by atoms with van der Waals surface area (Å²) in [6.45, 7) is 4.61. The normalized spacial score (nSPS) is 11.8. The largest absolute Gasteiger partial charge is 0.309 e. The summed E-state index contributed by atoms with van der Waals surface area (Å²) in [6, 6.07) is 41.4. The van der Waals surface area contributed by atoms with E-state index in [1.165, 1.54) is 69.9 Å². The van der Waals surface area contributed by atoms with Gasteiger partial charge in [0.25, 0.3) is 0 Å². The first-order valence-electron chi connectivity index (χ1n) is 13.6. The van der Waals surface area contributed by atoms with E-state index < -0.39 is 0 Å². The number of benzene rings is 5. The van der Waals surface area contributed by atoms with Gasteiger partial charge < -0.3 is 4.57 Å². The first-order chi connectivity index (χ1) is 19.7. The van der Waals surface area contributed by atoms with Crippen LogP contribution in [0, 0.1) is 13.8 Å². The second-order valence-corrected chi connectivity index (χ2v) is 11.5. The van der Waals surface area contributed by atoms with Gasteiger partial charge in [-0.1, -0.05) is 66.7 Å². The summed E-state index contributed by atoms with van der Waals surface area (Å²) in [6.07, 6.45) is 1.85. The Bertz CT molecular complexity index is 2220. The van der Waals surface area contributed by atoms with Crippen molar-refractivity contribution in [1.29, 1.82) is 0 Å². The van der Waals surface area contributed by atoms with Crippen LogP contribution in [0.4, 0.5) is 0 Å². The molecular formula is C37H26N2S. The van der Waals surface area contributed by atoms with E-state index in [4.69, 9.17) is 0 Å². The van der Waals surface area contributed by atoms with Crippen LogP contribution in [0.5, 0.6) is 0 Å². The summed E-state index contributed by atoms with van der Waals surface area (Å²) >= 11 is 1.91. The zero-order chi connectivity index (χ0) is 26.8. The second-order valence-electron chi connectivity index (χ2n) is 10.5. The molecule has 5 aromatic carbocycles. The van der Waals surface area contributed by atoms with Crippen LogP contribution in [0.3, 0.4) is 0 Å². The zero-order valence-corrected chi connectivity index (χ0v) is 23.2. The van der Waals surface area contributed by atoms with Crippen molar-refractivity contribution in [3.63, 3.8) is 0 Å². The van der Waals surface area contributed by atoms with E-state index in [2.05, 4.69) is 127 Å². The van der Waals surface area contributed by atoms with Crippen molar-refractivity contribution in [3.8, 4) is 28.1 Å². The van der Waals surface area contributed by atoms with Crippen molar-refractivity contribution >= 4 is 53.3 Å². The minimum absolute atomic E-state index is 0.990. The standard InChI is InChI=1S/C37H26N2S/c1-23-34-30-22-26(25-11-10-12-27(21-25)31-16-8-9-20-38-31)18-19-32(30)39(28-13-4-3-5-14-28)36(34)24(2)37-35(23)29-15-6-7-17-33(29)40-37/h3-22H,1-2H3. The molecule has 40 heavy (non-hydrogen) atoms. The molecule has 190 valence electrons. The maximum absolute atomic E-state index is 4.58. The molecule has 0 aliphatic carbocycles. The molecule has 0 unspecified atom stereocenters. The molecule has 3 heterocycles. The number of fused-ring (bicyclic) bond motifs is 6. The van der Waals surface area contributed by atoms with Crippen LogP contribution in [0.15, 0.2) is 121 Å². The molecule has 0 aliphatic heterocycles. The van der Waals surface area contributed by atoms with Crippen molar-refractivity contribution in [2.45, 2.75) is 13.8 Å². The lowest BCUT2D eigenvalue weighted by molar-refractivity contribution is 1.17. The Kier molecular flexibility index (Phi) is 5.16. The SMILES string of the molecule is Cc1c2c(sc3ccccc32)c(C)c2c1c1cc(-c3cccc(-c4ccccn4)c3)ccc1n2-c1ccccc1. The Hall–Kier alpha value is -4.73. The Morgan fingerprint density at radius 1 is 0.600 bits per heavy atom. The first kappa shape index (κ1) is 23.2. The van der Waals surface area contributed by atoms with Crippen LogP contribution in [-0.4, -0.2) is 9.55 Å². The molecule has 0 radical (unpaired) electrons. The van der Waals surface area contributed by atoms with Crippen LogP contribution in [0.2, 0.25) is 0 Å². The third kappa shape index (κ3) is 3.38. The van der Waals surface area contributed by atoms with Gasteiger partial charge in [0.1, 0.15) is 0 Å². The van der Waals surface area contributed by atoms with Crippen LogP contribution in [0.25, 0.3) is 70.0 Å². The molecule has 0 aliphatic rings. The van der Waals surface area contributed by atoms with E-state index in [0.29, 0.717) is 0 Å². The minimum Gasteiger partial charge on any atom is -0.309 e. The number of hydrogen-bond acceptors (Lipinski definition) is 2. The van der Waals surface area contributed by atoms with Crippen LogP contribution < -0.4 is 0 Å². The average molecular weight is 531 g/mol. The van der Waals surface area contributed by atoms with Gasteiger partial charge >= 0.3 is 0 Å². The first-order valence-corrected chi connectivity index (χ1v) is 14.5. The Morgan fingerprint density at radius 3 is 2.23 bits per heavy atom. The van der Waals surface area contributed by atoms with E-state index in [0.717, 1.165) is 11.3 Å². The van der Waals surface area contributed by atoms with E-state index >= 15 is 0 Å². The highest BCUT2D eigenvalue weighted by Crippen LogP contribution is 2.46. The van der Waals surface area contributed by atoms with Gasteiger partial charge in [-0.15, -0.1) is 11.3 Å². The van der Waals surface area contributed by atoms with Crippen LogP contribution >= 0.6 is 11.3 Å². The van der Waals surface area contributed by atoms with Gasteiger partial charge in [-0.05, 0) is 84.6 Å². The number of thiophene rings is 1. The highest BCUT2D eigenvalue weighted by Gasteiger charge is 2.22. The van der Waals surface area contributed by atoms with Gasteiger partial charge in [0.15, 0.2) is 0 Å². The van der Waals surface area contributed by atoms with Gasteiger partial charge in [-0.2, -0.15) is 0 Å². The quantitative estimate of drug-likeness (QED) is 0.222. The second kappa shape index (κ2) is 8.90. The molecule has 0 spiro atoms. The Labute approximate surface area is 236 Å². The lowest BCUT2D eigenvalue weighted by Gasteiger charge is -2.11. The monoisotopic (exact) mass is 530 g/mol. The molecule has 0 saturated heterocycles. The lowest BCUT2D eigenvalue weighted by atomic mass is 9.96. The fraction of sp³-hybridized carbons (Fsp3) is 0.0541. The molecule has 0 bridgehead atoms. The van der Waals surface area contributed by atoms with Gasteiger partial charge in [0, 0.05) is 48.4 Å². The van der Waals surface area contributed by atoms with Crippen molar-refractivity contribution in [1.82, 2.24) is 9.55 Å². The Morgan fingerprint density at radius 2 is 1.38 bits per heavy atom. The maximum atomic E-state index is 4.58. The molecule has 0 fully saturated rings. The van der Waals surface area contributed by atoms with Crippen molar-refractivity contribution in [2.75, 3.05) is 0 Å². The third-order valence-corrected chi connectivity index (χ3v) is 9.47. The summed E-state index contributed by atoms with van der Waals surface area (Å²) in [5.41, 5.74) is 11.0. The predicted molar refractivity (Wildman–Crippen MR) is 172 cm³/mol. The summed E-state index contributed by atoms with van der Waals surface area (Å²) in [4.78, 5) is 4.58. The lowest BCUT2D eigenvalue weighted by Crippen LogP contribution is -1.95. The summed E-state index contributed by atoms with van der Waals surface area (Å²) in [7, 11) is 0. The summed E-state index contributed by atoms with van der Waals surface area (Å²) < 4.78 is 5.19. The van der Waals surface area contributed by atoms with Gasteiger partial charge in [-0.3, -0.25) is 4.98 Å². The predicted octanol–water partition coefficient (Wildman–Crippen LogP) is 10.5. The smallest absolute Gasteiger partial charge is 0.0702 e. The van der Waals surface area contributed by atoms with Crippen molar-refractivity contribution in [2.24, 2.45) is 0 Å². The van der Waals surface area contributed by atoms with Crippen LogP contribution in [-0.2, 0) is 0 Å². The van der Waals surface area contributed by atoms with E-state index in [-0.39, 0.29) is 0 Å². The Balaban J connectivity index is 1.47. The molecule has 3 aromatic heterocycles. The molecule has 8 rings (SSSR count). The number of para-hydroxylation sites is 1. The van der Waals surface area contributed by atoms with Crippen molar-refractivity contribution in [3.05, 3.63) is 133 Å². The topological polar surface area (TPSA) is 17.8 Å². The fourth-order valence-electron chi connectivity index (χ4n) is 6.36. The molecule has 8 aromatic rings. The molecular weight excluding hydrogens is 504 g/mol. The van der Waals surface area contributed by atoms with E-state index in [1.54, 1.807) is 0 Å². The number of aryl methyl sites for hydroxylation is 2. The van der Waals surface area contributed by atoms with Gasteiger partial charge in [0.05, 0.1) is 16.7 Å². The fourth-order valence-corrected chi connectivity index (χ4v) is 7.62. The molecule has 0 saturated carbocycles. The average Bonchev–Trinajstić information content (AvgIpc) is 3.58. The molecule has 0 N–H and O–H groups in total. The summed E-state index contributed by atoms with van der Waals surface area (Å²) in [5.74, 6) is 0. The number of aromatic nitrogens is 2. The van der Waals surface area contributed by atoms with Gasteiger partial charge in [0.2, 0.25) is 0 Å². The molecule has 2 nitrogen and oxygen atoms in total. The molecule has 0 atom stereocenters. The van der Waals surface area contributed by atoms with Crippen molar-refractivity contribution < 1.29 is 0 Å². The number of nitrogens with zero attached hydrogens (tertiary/aromatic N) is 2. The molecule has 3 heteroatoms. The zero-order valence-electron chi connectivity index (χ0n) is 22.3. The maximum Gasteiger partial charge on any atom is 0.0702 e. The van der Waals surface area contributed by atoms with E-state index in [9.17, 15) is 0 Å². The minimum atomic E-state index is 0.990. The highest BCUT2D eigenvalue weighted by molar-refractivity contribution is 7.26. The van der Waals surface area contributed by atoms with Crippen LogP contribution in [0.1, 0.15) is 11.1 Å². The van der Waals surface area contributed by atoms with E-state index in [1.807, 2.05) is 29.7 Å². The molecule has 0 amide bonds. The highest BCUT2D eigenvalue weighted by atomic mass is 32.1. The number of hydrogen-bond donors (Lipinski definition) is 0. The number of pyridine rings is 1. The third-order valence-electron chi connectivity index (χ3n) is 8.18.